The Hall–Kier alpha value is -1.79. The molecule has 2 N–H and O–H groups in total. The average molecular weight is 336 g/mol. The van der Waals surface area contributed by atoms with Crippen LogP contribution in [0.15, 0.2) is 18.2 Å². The van der Waals surface area contributed by atoms with E-state index in [-0.39, 0.29) is 12.1 Å². The van der Waals surface area contributed by atoms with Crippen LogP contribution in [-0.4, -0.2) is 59.0 Å². The van der Waals surface area contributed by atoms with Crippen LogP contribution in [0.25, 0.3) is 11.0 Å². The zero-order chi connectivity index (χ0) is 16.4. The average Bonchev–Trinajstić information content (AvgIpc) is 2.88. The van der Waals surface area contributed by atoms with E-state index in [4.69, 9.17) is 11.6 Å². The minimum Gasteiger partial charge on any atom is -0.340 e. The largest absolute Gasteiger partial charge is 0.340 e. The molecule has 2 heterocycles. The summed E-state index contributed by atoms with van der Waals surface area (Å²) in [4.78, 5) is 23.9. The van der Waals surface area contributed by atoms with Gasteiger partial charge in [-0.05, 0) is 44.6 Å². The van der Waals surface area contributed by atoms with Crippen LogP contribution in [0.5, 0.6) is 0 Å². The quantitative estimate of drug-likeness (QED) is 0.905. The molecule has 0 bridgehead atoms. The summed E-state index contributed by atoms with van der Waals surface area (Å²) in [6.07, 6.45) is 2.16. The Labute approximate surface area is 140 Å². The number of piperidine rings is 1. The van der Waals surface area contributed by atoms with E-state index in [9.17, 15) is 4.79 Å². The van der Waals surface area contributed by atoms with Crippen molar-refractivity contribution in [1.29, 1.82) is 0 Å². The number of nitrogens with zero attached hydrogens (tertiary/aromatic N) is 3. The van der Waals surface area contributed by atoms with E-state index in [0.29, 0.717) is 11.6 Å². The van der Waals surface area contributed by atoms with E-state index in [1.165, 1.54) is 0 Å². The number of nitrogens with one attached hydrogen (secondary N) is 2. The highest BCUT2D eigenvalue weighted by molar-refractivity contribution is 6.31. The Kier molecular flexibility index (Phi) is 4.73. The number of imidazole rings is 1. The van der Waals surface area contributed by atoms with Crippen molar-refractivity contribution in [3.63, 3.8) is 0 Å². The minimum absolute atomic E-state index is 0.0659. The highest BCUT2D eigenvalue weighted by Gasteiger charge is 2.21. The van der Waals surface area contributed by atoms with E-state index < -0.39 is 0 Å². The number of aromatic nitrogens is 2. The molecule has 1 aromatic heterocycles. The Balaban J connectivity index is 1.60. The van der Waals surface area contributed by atoms with Gasteiger partial charge in [0, 0.05) is 24.7 Å². The van der Waals surface area contributed by atoms with Gasteiger partial charge in [-0.1, -0.05) is 11.6 Å². The Bertz CT molecular complexity index is 701. The predicted octanol–water partition coefficient (Wildman–Crippen LogP) is 2.45. The molecular formula is C16H22ClN5O. The number of carbonyl (C=O) groups excluding carboxylic acids is 1. The van der Waals surface area contributed by atoms with Gasteiger partial charge in [0.15, 0.2) is 0 Å². The summed E-state index contributed by atoms with van der Waals surface area (Å²) >= 11 is 5.98. The molecule has 0 spiro atoms. The number of urea groups is 1. The van der Waals surface area contributed by atoms with Crippen LogP contribution in [-0.2, 0) is 6.54 Å². The van der Waals surface area contributed by atoms with Gasteiger partial charge in [0.1, 0.15) is 5.82 Å². The number of amides is 2. The van der Waals surface area contributed by atoms with E-state index in [0.717, 1.165) is 42.8 Å². The predicted molar refractivity (Wildman–Crippen MR) is 91.6 cm³/mol. The van der Waals surface area contributed by atoms with E-state index in [1.54, 1.807) is 11.9 Å². The maximum Gasteiger partial charge on any atom is 0.317 e. The summed E-state index contributed by atoms with van der Waals surface area (Å²) in [5.74, 6) is 0.751. The van der Waals surface area contributed by atoms with Crippen LogP contribution in [0.1, 0.15) is 18.7 Å². The lowest BCUT2D eigenvalue weighted by atomic mass is 10.1. The van der Waals surface area contributed by atoms with Crippen molar-refractivity contribution < 1.29 is 4.79 Å². The molecule has 7 heteroatoms. The van der Waals surface area contributed by atoms with Gasteiger partial charge in [0.25, 0.3) is 0 Å². The van der Waals surface area contributed by atoms with Crippen LogP contribution in [0.3, 0.4) is 0 Å². The third kappa shape index (κ3) is 3.95. The fourth-order valence-corrected chi connectivity index (χ4v) is 3.15. The second-order valence-electron chi connectivity index (χ2n) is 6.25. The molecule has 0 saturated carbocycles. The lowest BCUT2D eigenvalue weighted by molar-refractivity contribution is 0.184. The molecule has 6 nitrogen and oxygen atoms in total. The van der Waals surface area contributed by atoms with Crippen molar-refractivity contribution >= 4 is 28.7 Å². The first-order chi connectivity index (χ1) is 11.0. The second kappa shape index (κ2) is 6.76. The number of halogens is 1. The standard InChI is InChI=1S/C16H22ClN5O/c1-21-7-3-4-12(9-21)18-16(23)22(2)10-15-19-13-6-5-11(17)8-14(13)20-15/h5-6,8,12H,3-4,7,9-10H2,1-2H3,(H,18,23)(H,19,20)/t12-/m1/s1. The number of fused-ring (bicyclic) bond motifs is 1. The van der Waals surface area contributed by atoms with Crippen LogP contribution in [0, 0.1) is 0 Å². The number of carbonyl (C=O) groups is 1. The van der Waals surface area contributed by atoms with Crippen molar-refractivity contribution in [3.05, 3.63) is 29.0 Å². The fraction of sp³-hybridized carbons (Fsp3) is 0.500. The molecule has 1 atom stereocenters. The van der Waals surface area contributed by atoms with Crippen LogP contribution in [0.2, 0.25) is 5.02 Å². The molecule has 1 aliphatic heterocycles. The number of benzene rings is 1. The summed E-state index contributed by atoms with van der Waals surface area (Å²) < 4.78 is 0. The molecule has 1 fully saturated rings. The summed E-state index contributed by atoms with van der Waals surface area (Å²) in [6.45, 7) is 2.44. The van der Waals surface area contributed by atoms with Gasteiger partial charge in [0.05, 0.1) is 17.6 Å². The molecule has 2 aromatic rings. The third-order valence-corrected chi connectivity index (χ3v) is 4.41. The van der Waals surface area contributed by atoms with Gasteiger partial charge < -0.3 is 20.1 Å². The Morgan fingerprint density at radius 1 is 1.57 bits per heavy atom. The molecule has 1 aromatic carbocycles. The van der Waals surface area contributed by atoms with Gasteiger partial charge in [-0.25, -0.2) is 9.78 Å². The first kappa shape index (κ1) is 16.1. The summed E-state index contributed by atoms with van der Waals surface area (Å²) in [7, 11) is 3.86. The number of likely N-dealkylation sites (N-methyl/N-ethyl adjacent to an activating group) is 1. The van der Waals surface area contributed by atoms with Crippen molar-refractivity contribution in [1.82, 2.24) is 25.1 Å². The molecule has 124 valence electrons. The molecule has 0 aliphatic carbocycles. The Morgan fingerprint density at radius 3 is 3.17 bits per heavy atom. The minimum atomic E-state index is -0.0659. The van der Waals surface area contributed by atoms with Gasteiger partial charge in [-0.2, -0.15) is 0 Å². The monoisotopic (exact) mass is 335 g/mol. The summed E-state index contributed by atoms with van der Waals surface area (Å²) in [5.41, 5.74) is 1.74. The topological polar surface area (TPSA) is 64.3 Å². The zero-order valence-electron chi connectivity index (χ0n) is 13.5. The second-order valence-corrected chi connectivity index (χ2v) is 6.69. The number of hydrogen-bond acceptors (Lipinski definition) is 3. The number of hydrogen-bond donors (Lipinski definition) is 2. The lowest BCUT2D eigenvalue weighted by Gasteiger charge is -2.31. The number of H-pyrrole nitrogens is 1. The number of aromatic amines is 1. The smallest absolute Gasteiger partial charge is 0.317 e. The molecule has 0 unspecified atom stereocenters. The first-order valence-electron chi connectivity index (χ1n) is 7.85. The van der Waals surface area contributed by atoms with Gasteiger partial charge in [-0.3, -0.25) is 0 Å². The van der Waals surface area contributed by atoms with Gasteiger partial charge in [-0.15, -0.1) is 0 Å². The maximum absolute atomic E-state index is 12.3. The third-order valence-electron chi connectivity index (χ3n) is 4.18. The maximum atomic E-state index is 12.3. The normalized spacial score (nSPS) is 19.0. The first-order valence-corrected chi connectivity index (χ1v) is 8.23. The van der Waals surface area contributed by atoms with E-state index in [1.807, 2.05) is 18.2 Å². The highest BCUT2D eigenvalue weighted by Crippen LogP contribution is 2.17. The Morgan fingerprint density at radius 2 is 2.39 bits per heavy atom. The molecular weight excluding hydrogens is 314 g/mol. The van der Waals surface area contributed by atoms with Crippen molar-refractivity contribution in [2.24, 2.45) is 0 Å². The number of rotatable bonds is 3. The fourth-order valence-electron chi connectivity index (χ4n) is 2.98. The van der Waals surface area contributed by atoms with E-state index in [2.05, 4.69) is 27.2 Å². The van der Waals surface area contributed by atoms with Gasteiger partial charge in [0.2, 0.25) is 0 Å². The molecule has 1 aliphatic rings. The zero-order valence-corrected chi connectivity index (χ0v) is 14.2. The van der Waals surface area contributed by atoms with Crippen LogP contribution in [0.4, 0.5) is 4.79 Å². The number of likely N-dealkylation sites (tertiary alicyclic amines) is 1. The molecule has 23 heavy (non-hydrogen) atoms. The van der Waals surface area contributed by atoms with Gasteiger partial charge >= 0.3 is 6.03 Å². The van der Waals surface area contributed by atoms with Crippen molar-refractivity contribution in [3.8, 4) is 0 Å². The summed E-state index contributed by atoms with van der Waals surface area (Å²) in [6, 6.07) is 5.67. The molecule has 2 amide bonds. The SMILES string of the molecule is CN1CCC[C@@H](NC(=O)N(C)Cc2nc3ccc(Cl)cc3[nH]2)C1. The molecule has 0 radical (unpaired) electrons. The van der Waals surface area contributed by atoms with Crippen LogP contribution < -0.4 is 5.32 Å². The van der Waals surface area contributed by atoms with Crippen LogP contribution >= 0.6 is 11.6 Å². The summed E-state index contributed by atoms with van der Waals surface area (Å²) in [5, 5.41) is 3.76. The highest BCUT2D eigenvalue weighted by atomic mass is 35.5. The van der Waals surface area contributed by atoms with E-state index >= 15 is 0 Å². The van der Waals surface area contributed by atoms with Crippen molar-refractivity contribution in [2.45, 2.75) is 25.4 Å². The molecule has 1 saturated heterocycles. The molecule has 3 rings (SSSR count). The lowest BCUT2D eigenvalue weighted by Crippen LogP contribution is -2.49. The van der Waals surface area contributed by atoms with Crippen molar-refractivity contribution in [2.75, 3.05) is 27.2 Å².